The van der Waals surface area contributed by atoms with Gasteiger partial charge >= 0.3 is 0 Å². The van der Waals surface area contributed by atoms with Crippen LogP contribution in [0, 0.1) is 0 Å². The average Bonchev–Trinajstić information content (AvgIpc) is 3.27. The van der Waals surface area contributed by atoms with Crippen molar-refractivity contribution in [2.24, 2.45) is 0 Å². The molecule has 0 N–H and O–H groups in total. The minimum absolute atomic E-state index is 0.741. The number of rotatable bonds is 10. The van der Waals surface area contributed by atoms with Gasteiger partial charge in [-0.15, -0.1) is 5.10 Å². The highest BCUT2D eigenvalue weighted by Gasteiger charge is 2.13. The molecule has 0 atom stereocenters. The highest BCUT2D eigenvalue weighted by molar-refractivity contribution is 6.23. The molecule has 1 aromatic heterocycles. The summed E-state index contributed by atoms with van der Waals surface area (Å²) in [6, 6.07) is 20.1. The Balaban J connectivity index is 1.42. The number of benzene rings is 4. The van der Waals surface area contributed by atoms with Crippen molar-refractivity contribution in [1.29, 1.82) is 0 Å². The van der Waals surface area contributed by atoms with Crippen LogP contribution in [0.1, 0.15) is 50.8 Å². The molecule has 0 aliphatic carbocycles. The summed E-state index contributed by atoms with van der Waals surface area (Å²) in [5.41, 5.74) is 2.36. The van der Waals surface area contributed by atoms with Crippen molar-refractivity contribution < 1.29 is 0 Å². The monoisotopic (exact) mass is 424 g/mol. The summed E-state index contributed by atoms with van der Waals surface area (Å²) in [4.78, 5) is 2.53. The molecule has 4 nitrogen and oxygen atoms in total. The summed E-state index contributed by atoms with van der Waals surface area (Å²) < 4.78 is 2.00. The molecule has 0 amide bonds. The summed E-state index contributed by atoms with van der Waals surface area (Å²) in [5.74, 6) is 0. The summed E-state index contributed by atoms with van der Waals surface area (Å²) in [7, 11) is 0. The first-order valence-corrected chi connectivity index (χ1v) is 12.0. The van der Waals surface area contributed by atoms with E-state index in [0.29, 0.717) is 0 Å². The van der Waals surface area contributed by atoms with E-state index in [4.69, 9.17) is 0 Å². The van der Waals surface area contributed by atoms with Gasteiger partial charge in [0.1, 0.15) is 0 Å². The van der Waals surface area contributed by atoms with Crippen molar-refractivity contribution in [1.82, 2.24) is 19.9 Å². The van der Waals surface area contributed by atoms with Crippen LogP contribution < -0.4 is 0 Å². The van der Waals surface area contributed by atoms with Gasteiger partial charge in [-0.3, -0.25) is 4.90 Å². The fourth-order valence-electron chi connectivity index (χ4n) is 4.86. The van der Waals surface area contributed by atoms with Crippen LogP contribution in [-0.4, -0.2) is 33.0 Å². The third kappa shape index (κ3) is 4.07. The molecule has 4 heteroatoms. The van der Waals surface area contributed by atoms with Gasteiger partial charge < -0.3 is 0 Å². The van der Waals surface area contributed by atoms with Gasteiger partial charge in [0.05, 0.1) is 18.4 Å². The lowest BCUT2D eigenvalue weighted by atomic mass is 9.92. The van der Waals surface area contributed by atoms with Gasteiger partial charge in [0.2, 0.25) is 0 Å². The van der Waals surface area contributed by atoms with E-state index >= 15 is 0 Å². The lowest BCUT2D eigenvalue weighted by Crippen LogP contribution is -2.25. The second-order valence-corrected chi connectivity index (χ2v) is 8.97. The minimum Gasteiger partial charge on any atom is -0.297 e. The molecular formula is C28H32N4. The predicted octanol–water partition coefficient (Wildman–Crippen LogP) is 6.63. The third-order valence-electron chi connectivity index (χ3n) is 6.58. The van der Waals surface area contributed by atoms with Gasteiger partial charge in [-0.25, -0.2) is 4.68 Å². The number of nitrogens with zero attached hydrogens (tertiary/aromatic N) is 4. The molecule has 0 spiro atoms. The SMILES string of the molecule is CCCCN(CCCC)Cc1cn(Cc2ccc3ccc4cccc5ccc2c3c45)nn1. The number of unbranched alkanes of at least 4 members (excludes halogenated alkanes) is 2. The Hall–Kier alpha value is -2.98. The zero-order valence-electron chi connectivity index (χ0n) is 19.2. The zero-order valence-corrected chi connectivity index (χ0v) is 19.2. The topological polar surface area (TPSA) is 34.0 Å². The maximum Gasteiger partial charge on any atom is 0.0967 e. The van der Waals surface area contributed by atoms with Gasteiger partial charge in [-0.05, 0) is 63.8 Å². The first kappa shape index (κ1) is 20.9. The van der Waals surface area contributed by atoms with Crippen LogP contribution in [-0.2, 0) is 13.1 Å². The molecule has 4 aromatic carbocycles. The molecule has 0 fully saturated rings. The van der Waals surface area contributed by atoms with Crippen molar-refractivity contribution in [2.45, 2.75) is 52.6 Å². The zero-order chi connectivity index (χ0) is 21.9. The summed E-state index contributed by atoms with van der Waals surface area (Å²) in [6.07, 6.45) is 7.05. The quantitative estimate of drug-likeness (QED) is 0.236. The average molecular weight is 425 g/mol. The molecule has 32 heavy (non-hydrogen) atoms. The Morgan fingerprint density at radius 3 is 2.16 bits per heavy atom. The van der Waals surface area contributed by atoms with Crippen molar-refractivity contribution in [3.8, 4) is 0 Å². The summed E-state index contributed by atoms with van der Waals surface area (Å²) in [5, 5.41) is 16.9. The van der Waals surface area contributed by atoms with Crippen LogP contribution >= 0.6 is 0 Å². The van der Waals surface area contributed by atoms with E-state index in [0.717, 1.165) is 31.9 Å². The standard InChI is InChI=1S/C28H32N4/c1-3-5-16-31(17-6-4-2)19-25-20-32(30-29-25)18-24-13-12-23-11-10-21-8-7-9-22-14-15-26(24)28(23)27(21)22/h7-15,20H,3-6,16-19H2,1-2H3. The van der Waals surface area contributed by atoms with Gasteiger partial charge in [0, 0.05) is 6.54 Å². The van der Waals surface area contributed by atoms with Crippen LogP contribution in [0.4, 0.5) is 0 Å². The Morgan fingerprint density at radius 2 is 1.44 bits per heavy atom. The molecule has 5 aromatic rings. The van der Waals surface area contributed by atoms with Crippen LogP contribution in [0.3, 0.4) is 0 Å². The van der Waals surface area contributed by atoms with Gasteiger partial charge in [-0.1, -0.05) is 86.5 Å². The molecule has 5 rings (SSSR count). The molecule has 0 radical (unpaired) electrons. The number of hydrogen-bond acceptors (Lipinski definition) is 3. The number of hydrogen-bond donors (Lipinski definition) is 0. The van der Waals surface area contributed by atoms with E-state index in [1.165, 1.54) is 63.6 Å². The molecule has 0 aliphatic rings. The van der Waals surface area contributed by atoms with Crippen molar-refractivity contribution >= 4 is 32.3 Å². The minimum atomic E-state index is 0.741. The van der Waals surface area contributed by atoms with Crippen molar-refractivity contribution in [2.75, 3.05) is 13.1 Å². The molecular weight excluding hydrogens is 392 g/mol. The maximum atomic E-state index is 4.50. The predicted molar refractivity (Wildman–Crippen MR) is 134 cm³/mol. The van der Waals surface area contributed by atoms with Crippen molar-refractivity contribution in [3.05, 3.63) is 72.1 Å². The molecule has 1 heterocycles. The molecule has 0 unspecified atom stereocenters. The Morgan fingerprint density at radius 1 is 0.781 bits per heavy atom. The molecule has 164 valence electrons. The van der Waals surface area contributed by atoms with E-state index in [1.54, 1.807) is 0 Å². The maximum absolute atomic E-state index is 4.50. The summed E-state index contributed by atoms with van der Waals surface area (Å²) in [6.45, 7) is 8.41. The Bertz CT molecular complexity index is 1300. The highest BCUT2D eigenvalue weighted by atomic mass is 15.4. The Labute approximate surface area is 190 Å². The smallest absolute Gasteiger partial charge is 0.0967 e. The molecule has 0 saturated carbocycles. The van der Waals surface area contributed by atoms with Crippen molar-refractivity contribution in [3.63, 3.8) is 0 Å². The second kappa shape index (κ2) is 9.25. The van der Waals surface area contributed by atoms with E-state index in [-0.39, 0.29) is 0 Å². The van der Waals surface area contributed by atoms with E-state index < -0.39 is 0 Å². The highest BCUT2D eigenvalue weighted by Crippen LogP contribution is 2.36. The first-order valence-electron chi connectivity index (χ1n) is 12.0. The van der Waals surface area contributed by atoms with E-state index in [9.17, 15) is 0 Å². The van der Waals surface area contributed by atoms with Gasteiger partial charge in [0.15, 0.2) is 0 Å². The molecule has 0 saturated heterocycles. The first-order chi connectivity index (χ1) is 15.8. The van der Waals surface area contributed by atoms with Gasteiger partial charge in [0.25, 0.3) is 0 Å². The van der Waals surface area contributed by atoms with E-state index in [2.05, 4.69) is 89.9 Å². The lowest BCUT2D eigenvalue weighted by Gasteiger charge is -2.20. The molecule has 0 aliphatic heterocycles. The molecule has 0 bridgehead atoms. The fraction of sp³-hybridized carbons (Fsp3) is 0.357. The third-order valence-corrected chi connectivity index (χ3v) is 6.58. The number of aromatic nitrogens is 3. The Kier molecular flexibility index (Phi) is 6.04. The van der Waals surface area contributed by atoms with Crippen LogP contribution in [0.15, 0.2) is 60.8 Å². The summed E-state index contributed by atoms with van der Waals surface area (Å²) >= 11 is 0. The fourth-order valence-corrected chi connectivity index (χ4v) is 4.86. The van der Waals surface area contributed by atoms with E-state index in [1.807, 2.05) is 4.68 Å². The normalized spacial score (nSPS) is 12.1. The van der Waals surface area contributed by atoms with Gasteiger partial charge in [-0.2, -0.15) is 0 Å². The second-order valence-electron chi connectivity index (χ2n) is 8.97. The van der Waals surface area contributed by atoms with Crippen LogP contribution in [0.5, 0.6) is 0 Å². The van der Waals surface area contributed by atoms with Crippen LogP contribution in [0.2, 0.25) is 0 Å². The lowest BCUT2D eigenvalue weighted by molar-refractivity contribution is 0.254. The largest absolute Gasteiger partial charge is 0.297 e. The van der Waals surface area contributed by atoms with Crippen LogP contribution in [0.25, 0.3) is 32.3 Å².